The van der Waals surface area contributed by atoms with E-state index >= 15 is 0 Å². The molecule has 0 aliphatic heterocycles. The molecular formula is C17H15F4N3O. The summed E-state index contributed by atoms with van der Waals surface area (Å²) in [5.74, 6) is -1.35. The summed E-state index contributed by atoms with van der Waals surface area (Å²) in [7, 11) is 0. The standard InChI is InChI=1S/C17H15F4N3O/c1-2-3-14-11(16(25)24-15(23-14)6-7-22-24)8-10-4-5-12(13(18)9-10)17(19,20)21/h4-7,9,22H,2-3,8H2,1H3. The maximum Gasteiger partial charge on any atom is 0.419 e. The molecule has 132 valence electrons. The lowest BCUT2D eigenvalue weighted by Gasteiger charge is -2.11. The molecule has 1 aromatic carbocycles. The van der Waals surface area contributed by atoms with Gasteiger partial charge >= 0.3 is 6.18 Å². The van der Waals surface area contributed by atoms with Crippen LogP contribution in [0.25, 0.3) is 5.65 Å². The molecule has 0 bridgehead atoms. The monoisotopic (exact) mass is 353 g/mol. The lowest BCUT2D eigenvalue weighted by Crippen LogP contribution is -2.23. The summed E-state index contributed by atoms with van der Waals surface area (Å²) < 4.78 is 53.0. The second-order valence-electron chi connectivity index (χ2n) is 5.74. The number of fused-ring (bicyclic) bond motifs is 1. The van der Waals surface area contributed by atoms with Crippen molar-refractivity contribution in [3.8, 4) is 0 Å². The molecule has 1 N–H and O–H groups in total. The molecule has 4 nitrogen and oxygen atoms in total. The van der Waals surface area contributed by atoms with Crippen LogP contribution in [0.4, 0.5) is 17.6 Å². The van der Waals surface area contributed by atoms with Crippen LogP contribution in [0.2, 0.25) is 0 Å². The zero-order valence-corrected chi connectivity index (χ0v) is 13.3. The minimum Gasteiger partial charge on any atom is -0.297 e. The zero-order chi connectivity index (χ0) is 18.2. The Morgan fingerprint density at radius 2 is 2.00 bits per heavy atom. The van der Waals surface area contributed by atoms with Gasteiger partial charge < -0.3 is 0 Å². The van der Waals surface area contributed by atoms with Crippen molar-refractivity contribution in [3.05, 3.63) is 69.0 Å². The van der Waals surface area contributed by atoms with Crippen LogP contribution >= 0.6 is 0 Å². The number of aryl methyl sites for hydroxylation is 1. The third kappa shape index (κ3) is 3.29. The molecule has 3 aromatic rings. The van der Waals surface area contributed by atoms with E-state index < -0.39 is 17.6 Å². The van der Waals surface area contributed by atoms with Gasteiger partial charge in [0.1, 0.15) is 5.82 Å². The van der Waals surface area contributed by atoms with E-state index in [1.165, 1.54) is 10.6 Å². The number of nitrogens with one attached hydrogen (secondary N) is 1. The van der Waals surface area contributed by atoms with Crippen LogP contribution in [-0.2, 0) is 19.0 Å². The van der Waals surface area contributed by atoms with Crippen LogP contribution in [-0.4, -0.2) is 14.6 Å². The van der Waals surface area contributed by atoms with Gasteiger partial charge in [0.15, 0.2) is 5.65 Å². The summed E-state index contributed by atoms with van der Waals surface area (Å²) in [6.07, 6.45) is -1.86. The number of alkyl halides is 3. The minimum absolute atomic E-state index is 0.0121. The lowest BCUT2D eigenvalue weighted by molar-refractivity contribution is -0.140. The summed E-state index contributed by atoms with van der Waals surface area (Å²) in [5.41, 5.74) is 0.0240. The number of H-pyrrole nitrogens is 1. The second-order valence-corrected chi connectivity index (χ2v) is 5.74. The fourth-order valence-electron chi connectivity index (χ4n) is 2.76. The average molecular weight is 353 g/mol. The Morgan fingerprint density at radius 3 is 2.64 bits per heavy atom. The Kier molecular flexibility index (Phi) is 4.36. The van der Waals surface area contributed by atoms with Crippen LogP contribution in [0, 0.1) is 5.82 Å². The normalized spacial score (nSPS) is 12.0. The van der Waals surface area contributed by atoms with Crippen LogP contribution < -0.4 is 5.56 Å². The minimum atomic E-state index is -4.75. The van der Waals surface area contributed by atoms with Gasteiger partial charge in [-0.25, -0.2) is 13.9 Å². The molecule has 0 aliphatic rings. The van der Waals surface area contributed by atoms with Crippen molar-refractivity contribution < 1.29 is 17.6 Å². The van der Waals surface area contributed by atoms with Crippen LogP contribution in [0.15, 0.2) is 35.3 Å². The second kappa shape index (κ2) is 6.34. The number of rotatable bonds is 4. The van der Waals surface area contributed by atoms with Gasteiger partial charge in [0.05, 0.1) is 11.3 Å². The van der Waals surface area contributed by atoms with Crippen molar-refractivity contribution in [1.29, 1.82) is 0 Å². The number of aromatic amines is 1. The maximum absolute atomic E-state index is 13.8. The molecule has 0 radical (unpaired) electrons. The molecule has 2 aromatic heterocycles. The molecule has 0 saturated carbocycles. The number of nitrogens with zero attached hydrogens (tertiary/aromatic N) is 2. The maximum atomic E-state index is 13.8. The molecule has 0 aliphatic carbocycles. The van der Waals surface area contributed by atoms with Gasteiger partial charge in [-0.05, 0) is 24.1 Å². The predicted molar refractivity (Wildman–Crippen MR) is 84.0 cm³/mol. The smallest absolute Gasteiger partial charge is 0.297 e. The average Bonchev–Trinajstić information content (AvgIpc) is 2.99. The molecule has 25 heavy (non-hydrogen) atoms. The molecule has 0 unspecified atom stereocenters. The highest BCUT2D eigenvalue weighted by Gasteiger charge is 2.33. The number of aromatic nitrogens is 3. The largest absolute Gasteiger partial charge is 0.419 e. The molecule has 8 heteroatoms. The fourth-order valence-corrected chi connectivity index (χ4v) is 2.76. The van der Waals surface area contributed by atoms with Gasteiger partial charge in [-0.1, -0.05) is 19.4 Å². The van der Waals surface area contributed by atoms with Crippen molar-refractivity contribution in [1.82, 2.24) is 14.6 Å². The quantitative estimate of drug-likeness (QED) is 0.727. The van der Waals surface area contributed by atoms with E-state index in [1.807, 2.05) is 6.92 Å². The van der Waals surface area contributed by atoms with E-state index in [2.05, 4.69) is 10.1 Å². The van der Waals surface area contributed by atoms with Gasteiger partial charge in [-0.15, -0.1) is 0 Å². The Morgan fingerprint density at radius 1 is 1.24 bits per heavy atom. The molecular weight excluding hydrogens is 338 g/mol. The Labute approximate surface area is 140 Å². The molecule has 0 spiro atoms. The first-order chi connectivity index (χ1) is 11.8. The van der Waals surface area contributed by atoms with Gasteiger partial charge in [0.2, 0.25) is 0 Å². The molecule has 0 saturated heterocycles. The van der Waals surface area contributed by atoms with Gasteiger partial charge in [-0.2, -0.15) is 13.2 Å². The number of benzene rings is 1. The topological polar surface area (TPSA) is 50.2 Å². The van der Waals surface area contributed by atoms with Crippen molar-refractivity contribution >= 4 is 5.65 Å². The van der Waals surface area contributed by atoms with E-state index in [0.29, 0.717) is 29.4 Å². The first-order valence-electron chi connectivity index (χ1n) is 7.74. The first-order valence-corrected chi connectivity index (χ1v) is 7.74. The van der Waals surface area contributed by atoms with Crippen molar-refractivity contribution in [2.45, 2.75) is 32.4 Å². The van der Waals surface area contributed by atoms with Crippen molar-refractivity contribution in [2.75, 3.05) is 0 Å². The summed E-state index contributed by atoms with van der Waals surface area (Å²) in [4.78, 5) is 17.0. The van der Waals surface area contributed by atoms with E-state index in [-0.39, 0.29) is 17.5 Å². The van der Waals surface area contributed by atoms with Crippen molar-refractivity contribution in [2.24, 2.45) is 0 Å². The van der Waals surface area contributed by atoms with Crippen LogP contribution in [0.5, 0.6) is 0 Å². The SMILES string of the molecule is CCCc1nc2cc[nH]n2c(=O)c1Cc1ccc(C(F)(F)F)c(F)c1. The highest BCUT2D eigenvalue weighted by atomic mass is 19.4. The van der Waals surface area contributed by atoms with E-state index in [9.17, 15) is 22.4 Å². The van der Waals surface area contributed by atoms with E-state index in [0.717, 1.165) is 12.5 Å². The third-order valence-electron chi connectivity index (χ3n) is 3.93. The van der Waals surface area contributed by atoms with Crippen LogP contribution in [0.1, 0.15) is 35.7 Å². The predicted octanol–water partition coefficient (Wildman–Crippen LogP) is 3.72. The first kappa shape index (κ1) is 17.2. The number of hydrogen-bond donors (Lipinski definition) is 1. The molecule has 0 atom stereocenters. The van der Waals surface area contributed by atoms with E-state index in [1.54, 1.807) is 12.3 Å². The number of hydrogen-bond acceptors (Lipinski definition) is 2. The highest BCUT2D eigenvalue weighted by Crippen LogP contribution is 2.31. The van der Waals surface area contributed by atoms with Crippen LogP contribution in [0.3, 0.4) is 0 Å². The van der Waals surface area contributed by atoms with Gasteiger partial charge in [0, 0.05) is 24.2 Å². The highest BCUT2D eigenvalue weighted by molar-refractivity contribution is 5.41. The summed E-state index contributed by atoms with van der Waals surface area (Å²) in [5, 5.41) is 2.74. The molecule has 3 rings (SSSR count). The molecule has 0 fully saturated rings. The third-order valence-corrected chi connectivity index (χ3v) is 3.93. The van der Waals surface area contributed by atoms with Crippen molar-refractivity contribution in [3.63, 3.8) is 0 Å². The summed E-state index contributed by atoms with van der Waals surface area (Å²) in [6, 6.07) is 4.36. The zero-order valence-electron chi connectivity index (χ0n) is 13.3. The summed E-state index contributed by atoms with van der Waals surface area (Å²) >= 11 is 0. The Bertz CT molecular complexity index is 972. The number of halogens is 4. The van der Waals surface area contributed by atoms with Gasteiger partial charge in [-0.3, -0.25) is 9.89 Å². The lowest BCUT2D eigenvalue weighted by atomic mass is 10.0. The Hall–Kier alpha value is -2.64. The molecule has 2 heterocycles. The fraction of sp³-hybridized carbons (Fsp3) is 0.294. The molecule has 0 amide bonds. The van der Waals surface area contributed by atoms with E-state index in [4.69, 9.17) is 0 Å². The van der Waals surface area contributed by atoms with Gasteiger partial charge in [0.25, 0.3) is 5.56 Å². The Balaban J connectivity index is 2.05. The summed E-state index contributed by atoms with van der Waals surface area (Å²) in [6.45, 7) is 1.93.